The van der Waals surface area contributed by atoms with E-state index in [4.69, 9.17) is 4.98 Å². The van der Waals surface area contributed by atoms with Gasteiger partial charge in [0, 0.05) is 33.6 Å². The molecule has 6 nitrogen and oxygen atoms in total. The summed E-state index contributed by atoms with van der Waals surface area (Å²) in [6.45, 7) is 1.99. The number of benzene rings is 1. The number of aromatic nitrogens is 2. The van der Waals surface area contributed by atoms with Gasteiger partial charge in [-0.1, -0.05) is 30.3 Å². The zero-order valence-electron chi connectivity index (χ0n) is 15.6. The van der Waals surface area contributed by atoms with Gasteiger partial charge in [0.2, 0.25) is 11.9 Å². The van der Waals surface area contributed by atoms with Gasteiger partial charge in [-0.2, -0.15) is 4.98 Å². The van der Waals surface area contributed by atoms with Crippen LogP contribution in [-0.4, -0.2) is 43.1 Å². The second-order valence-corrected chi connectivity index (χ2v) is 6.88. The van der Waals surface area contributed by atoms with Crippen LogP contribution in [0.2, 0.25) is 0 Å². The standard InChI is InChI=1S/C20H27N5O/c1-24(2)19-17(15-21-20(23-19)25-13-7-4-8-14-25)22-18(26)12-11-16-9-5-3-6-10-16/h3,5-6,9-10,15H,4,7-8,11-14H2,1-2H3,(H,22,26). The van der Waals surface area contributed by atoms with E-state index < -0.39 is 0 Å². The zero-order chi connectivity index (χ0) is 18.4. The van der Waals surface area contributed by atoms with Crippen LogP contribution in [0, 0.1) is 0 Å². The molecule has 0 saturated carbocycles. The maximum absolute atomic E-state index is 12.4. The monoisotopic (exact) mass is 353 g/mol. The Hall–Kier alpha value is -2.63. The second-order valence-electron chi connectivity index (χ2n) is 6.88. The molecule has 0 unspecified atom stereocenters. The quantitative estimate of drug-likeness (QED) is 0.865. The third kappa shape index (κ3) is 4.71. The van der Waals surface area contributed by atoms with Crippen LogP contribution in [-0.2, 0) is 11.2 Å². The van der Waals surface area contributed by atoms with Gasteiger partial charge in [0.25, 0.3) is 0 Å². The van der Waals surface area contributed by atoms with E-state index in [9.17, 15) is 4.79 Å². The van der Waals surface area contributed by atoms with Crippen molar-refractivity contribution < 1.29 is 4.79 Å². The van der Waals surface area contributed by atoms with E-state index in [1.54, 1.807) is 6.20 Å². The summed E-state index contributed by atoms with van der Waals surface area (Å²) in [5.41, 5.74) is 1.82. The molecular formula is C20H27N5O. The van der Waals surface area contributed by atoms with Crippen LogP contribution in [0.3, 0.4) is 0 Å². The number of amides is 1. The molecule has 0 aliphatic carbocycles. The van der Waals surface area contributed by atoms with Crippen LogP contribution < -0.4 is 15.1 Å². The van der Waals surface area contributed by atoms with Crippen molar-refractivity contribution in [2.75, 3.05) is 42.3 Å². The number of hydrogen-bond donors (Lipinski definition) is 1. The number of aryl methyl sites for hydroxylation is 1. The van der Waals surface area contributed by atoms with Crippen molar-refractivity contribution in [3.63, 3.8) is 0 Å². The molecule has 138 valence electrons. The van der Waals surface area contributed by atoms with Crippen LogP contribution >= 0.6 is 0 Å². The third-order valence-corrected chi connectivity index (χ3v) is 4.58. The van der Waals surface area contributed by atoms with Crippen LogP contribution in [0.15, 0.2) is 36.5 Å². The largest absolute Gasteiger partial charge is 0.361 e. The highest BCUT2D eigenvalue weighted by atomic mass is 16.1. The maximum Gasteiger partial charge on any atom is 0.227 e. The van der Waals surface area contributed by atoms with E-state index in [1.807, 2.05) is 49.3 Å². The Morgan fingerprint density at radius 3 is 2.58 bits per heavy atom. The summed E-state index contributed by atoms with van der Waals surface area (Å²) < 4.78 is 0. The lowest BCUT2D eigenvalue weighted by Crippen LogP contribution is -2.31. The lowest BCUT2D eigenvalue weighted by Gasteiger charge is -2.28. The van der Waals surface area contributed by atoms with Crippen molar-refractivity contribution >= 4 is 23.4 Å². The number of rotatable bonds is 6. The molecule has 1 aliphatic heterocycles. The number of nitrogens with zero attached hydrogens (tertiary/aromatic N) is 4. The normalized spacial score (nSPS) is 14.2. The zero-order valence-corrected chi connectivity index (χ0v) is 15.6. The van der Waals surface area contributed by atoms with Crippen molar-refractivity contribution in [1.29, 1.82) is 0 Å². The van der Waals surface area contributed by atoms with E-state index in [0.717, 1.165) is 36.8 Å². The number of nitrogens with one attached hydrogen (secondary N) is 1. The summed E-state index contributed by atoms with van der Waals surface area (Å²) in [5.74, 6) is 1.47. The lowest BCUT2D eigenvalue weighted by atomic mass is 10.1. The summed E-state index contributed by atoms with van der Waals surface area (Å²) in [5, 5.41) is 2.97. The van der Waals surface area contributed by atoms with Gasteiger partial charge in [0.1, 0.15) is 5.69 Å². The Morgan fingerprint density at radius 2 is 1.88 bits per heavy atom. The van der Waals surface area contributed by atoms with E-state index in [-0.39, 0.29) is 5.91 Å². The summed E-state index contributed by atoms with van der Waals surface area (Å²) in [6.07, 6.45) is 6.51. The fourth-order valence-electron chi connectivity index (χ4n) is 3.15. The van der Waals surface area contributed by atoms with E-state index >= 15 is 0 Å². The van der Waals surface area contributed by atoms with Gasteiger partial charge < -0.3 is 15.1 Å². The average molecular weight is 353 g/mol. The van der Waals surface area contributed by atoms with Gasteiger partial charge in [0.15, 0.2) is 5.82 Å². The molecule has 0 spiro atoms. The molecule has 1 aliphatic rings. The summed E-state index contributed by atoms with van der Waals surface area (Å²) >= 11 is 0. The lowest BCUT2D eigenvalue weighted by molar-refractivity contribution is -0.116. The molecule has 0 bridgehead atoms. The topological polar surface area (TPSA) is 61.4 Å². The first-order valence-corrected chi connectivity index (χ1v) is 9.26. The Kier molecular flexibility index (Phi) is 6.04. The Morgan fingerprint density at radius 1 is 1.15 bits per heavy atom. The van der Waals surface area contributed by atoms with Crippen LogP contribution in [0.1, 0.15) is 31.2 Å². The Labute approximate surface area is 155 Å². The predicted molar refractivity (Wildman–Crippen MR) is 106 cm³/mol. The minimum Gasteiger partial charge on any atom is -0.361 e. The molecule has 1 saturated heterocycles. The molecule has 0 radical (unpaired) electrons. The first kappa shape index (κ1) is 18.2. The average Bonchev–Trinajstić information content (AvgIpc) is 2.68. The molecule has 1 fully saturated rings. The molecule has 1 aromatic carbocycles. The molecule has 1 amide bonds. The molecule has 2 aromatic rings. The highest BCUT2D eigenvalue weighted by Crippen LogP contribution is 2.25. The maximum atomic E-state index is 12.4. The van der Waals surface area contributed by atoms with Gasteiger partial charge in [-0.3, -0.25) is 4.79 Å². The smallest absolute Gasteiger partial charge is 0.227 e. The van der Waals surface area contributed by atoms with E-state index in [0.29, 0.717) is 12.1 Å². The SMILES string of the molecule is CN(C)c1nc(N2CCCCC2)ncc1NC(=O)CCc1ccccc1. The van der Waals surface area contributed by atoms with Crippen molar-refractivity contribution in [3.8, 4) is 0 Å². The minimum atomic E-state index is -0.0220. The van der Waals surface area contributed by atoms with Gasteiger partial charge in [-0.15, -0.1) is 0 Å². The van der Waals surface area contributed by atoms with Crippen molar-refractivity contribution in [2.24, 2.45) is 0 Å². The molecular weight excluding hydrogens is 326 g/mol. The van der Waals surface area contributed by atoms with Gasteiger partial charge in [-0.05, 0) is 31.2 Å². The van der Waals surface area contributed by atoms with Crippen LogP contribution in [0.5, 0.6) is 0 Å². The molecule has 1 aromatic heterocycles. The van der Waals surface area contributed by atoms with Crippen LogP contribution in [0.25, 0.3) is 0 Å². The molecule has 26 heavy (non-hydrogen) atoms. The fraction of sp³-hybridized carbons (Fsp3) is 0.450. The molecule has 0 atom stereocenters. The molecule has 3 rings (SSSR count). The molecule has 6 heteroatoms. The van der Waals surface area contributed by atoms with Crippen molar-refractivity contribution in [2.45, 2.75) is 32.1 Å². The number of carbonyl (C=O) groups is 1. The predicted octanol–water partition coefficient (Wildman–Crippen LogP) is 3.10. The number of piperidine rings is 1. The summed E-state index contributed by atoms with van der Waals surface area (Å²) in [7, 11) is 3.86. The Bertz CT molecular complexity index is 726. The first-order valence-electron chi connectivity index (χ1n) is 9.26. The van der Waals surface area contributed by atoms with E-state index in [1.165, 1.54) is 19.3 Å². The number of carbonyl (C=O) groups excluding carboxylic acids is 1. The molecule has 1 N–H and O–H groups in total. The number of hydrogen-bond acceptors (Lipinski definition) is 5. The number of anilines is 3. The van der Waals surface area contributed by atoms with Crippen LogP contribution in [0.4, 0.5) is 17.5 Å². The van der Waals surface area contributed by atoms with Crippen molar-refractivity contribution in [1.82, 2.24) is 9.97 Å². The van der Waals surface area contributed by atoms with Crippen molar-refractivity contribution in [3.05, 3.63) is 42.1 Å². The first-order chi connectivity index (χ1) is 12.6. The third-order valence-electron chi connectivity index (χ3n) is 4.58. The van der Waals surface area contributed by atoms with Gasteiger partial charge in [-0.25, -0.2) is 4.98 Å². The highest BCUT2D eigenvalue weighted by molar-refractivity contribution is 5.93. The van der Waals surface area contributed by atoms with Gasteiger partial charge >= 0.3 is 0 Å². The Balaban J connectivity index is 1.67. The fourth-order valence-corrected chi connectivity index (χ4v) is 3.15. The highest BCUT2D eigenvalue weighted by Gasteiger charge is 2.17. The molecule has 2 heterocycles. The summed E-state index contributed by atoms with van der Waals surface area (Å²) in [4.78, 5) is 25.7. The summed E-state index contributed by atoms with van der Waals surface area (Å²) in [6, 6.07) is 10.0. The van der Waals surface area contributed by atoms with E-state index in [2.05, 4.69) is 15.2 Å². The minimum absolute atomic E-state index is 0.0220. The second kappa shape index (κ2) is 8.65. The van der Waals surface area contributed by atoms with Gasteiger partial charge in [0.05, 0.1) is 6.20 Å².